The van der Waals surface area contributed by atoms with Crippen molar-refractivity contribution in [2.75, 3.05) is 12.4 Å². The third kappa shape index (κ3) is 4.33. The molecule has 0 saturated heterocycles. The summed E-state index contributed by atoms with van der Waals surface area (Å²) < 4.78 is 0. The minimum Gasteiger partial charge on any atom is -0.337 e. The zero-order valence-corrected chi connectivity index (χ0v) is 14.6. The quantitative estimate of drug-likeness (QED) is 0.747. The summed E-state index contributed by atoms with van der Waals surface area (Å²) in [4.78, 5) is 26.9. The Bertz CT molecular complexity index is 843. The molecule has 126 valence electrons. The predicted octanol–water partition coefficient (Wildman–Crippen LogP) is 4.27. The molecule has 1 aromatic heterocycles. The van der Waals surface area contributed by atoms with Crippen molar-refractivity contribution in [2.45, 2.75) is 6.54 Å². The van der Waals surface area contributed by atoms with Crippen LogP contribution in [0.25, 0.3) is 0 Å². The Hall–Kier alpha value is -2.92. The molecule has 1 N–H and O–H groups in total. The third-order valence-electron chi connectivity index (χ3n) is 3.74. The minimum atomic E-state index is -0.143. The maximum Gasteiger partial charge on any atom is 0.265 e. The van der Waals surface area contributed by atoms with E-state index < -0.39 is 0 Å². The van der Waals surface area contributed by atoms with Crippen molar-refractivity contribution < 1.29 is 9.59 Å². The Kier molecular flexibility index (Phi) is 5.26. The zero-order chi connectivity index (χ0) is 17.6. The van der Waals surface area contributed by atoms with Crippen molar-refractivity contribution in [2.24, 2.45) is 0 Å². The van der Waals surface area contributed by atoms with Crippen molar-refractivity contribution in [3.63, 3.8) is 0 Å². The van der Waals surface area contributed by atoms with Crippen LogP contribution in [0.15, 0.2) is 72.1 Å². The summed E-state index contributed by atoms with van der Waals surface area (Å²) in [6, 6.07) is 20.4. The molecule has 0 radical (unpaired) electrons. The summed E-state index contributed by atoms with van der Waals surface area (Å²) in [6.07, 6.45) is 0. The van der Waals surface area contributed by atoms with Crippen LogP contribution in [0, 0.1) is 0 Å². The monoisotopic (exact) mass is 350 g/mol. The number of thiophene rings is 1. The van der Waals surface area contributed by atoms with Crippen LogP contribution in [0.3, 0.4) is 0 Å². The summed E-state index contributed by atoms with van der Waals surface area (Å²) in [7, 11) is 1.78. The van der Waals surface area contributed by atoms with Crippen LogP contribution in [0.4, 0.5) is 5.69 Å². The van der Waals surface area contributed by atoms with Crippen molar-refractivity contribution >= 4 is 28.8 Å². The highest BCUT2D eigenvalue weighted by Crippen LogP contribution is 2.15. The molecule has 3 rings (SSSR count). The van der Waals surface area contributed by atoms with Crippen LogP contribution >= 0.6 is 11.3 Å². The normalized spacial score (nSPS) is 10.3. The summed E-state index contributed by atoms with van der Waals surface area (Å²) in [5.41, 5.74) is 2.34. The number of amides is 2. The first-order valence-corrected chi connectivity index (χ1v) is 8.76. The highest BCUT2D eigenvalue weighted by Gasteiger charge is 2.12. The average molecular weight is 350 g/mol. The molecule has 0 saturated carbocycles. The van der Waals surface area contributed by atoms with Gasteiger partial charge in [0.05, 0.1) is 4.88 Å². The molecule has 0 spiro atoms. The topological polar surface area (TPSA) is 49.4 Å². The van der Waals surface area contributed by atoms with E-state index in [1.807, 2.05) is 41.8 Å². The Morgan fingerprint density at radius 2 is 1.68 bits per heavy atom. The first kappa shape index (κ1) is 16.9. The molecule has 5 heteroatoms. The fourth-order valence-electron chi connectivity index (χ4n) is 2.45. The van der Waals surface area contributed by atoms with Gasteiger partial charge in [-0.05, 0) is 41.3 Å². The molecule has 0 fully saturated rings. The van der Waals surface area contributed by atoms with Gasteiger partial charge in [0.25, 0.3) is 11.8 Å². The van der Waals surface area contributed by atoms with Crippen LogP contribution in [0.1, 0.15) is 25.6 Å². The van der Waals surface area contributed by atoms with Crippen molar-refractivity contribution in [1.29, 1.82) is 0 Å². The first-order valence-electron chi connectivity index (χ1n) is 7.88. The highest BCUT2D eigenvalue weighted by atomic mass is 32.1. The SMILES string of the molecule is CN(Cc1ccccc1)C(=O)c1ccc(NC(=O)c2cccs2)cc1. The van der Waals surface area contributed by atoms with Crippen molar-refractivity contribution in [3.05, 3.63) is 88.1 Å². The number of carbonyl (C=O) groups excluding carboxylic acids is 2. The van der Waals surface area contributed by atoms with E-state index in [0.29, 0.717) is 22.7 Å². The molecule has 2 amide bonds. The number of carbonyl (C=O) groups is 2. The Balaban J connectivity index is 1.63. The van der Waals surface area contributed by atoms with E-state index in [-0.39, 0.29) is 11.8 Å². The number of anilines is 1. The number of nitrogens with one attached hydrogen (secondary N) is 1. The molecular formula is C20H18N2O2S. The number of benzene rings is 2. The molecule has 25 heavy (non-hydrogen) atoms. The van der Waals surface area contributed by atoms with Gasteiger partial charge in [0.1, 0.15) is 0 Å². The number of nitrogens with zero attached hydrogens (tertiary/aromatic N) is 1. The van der Waals surface area contributed by atoms with Crippen LogP contribution < -0.4 is 5.32 Å². The first-order chi connectivity index (χ1) is 12.1. The molecule has 0 aliphatic heterocycles. The lowest BCUT2D eigenvalue weighted by molar-refractivity contribution is 0.0785. The molecule has 3 aromatic rings. The second-order valence-corrected chi connectivity index (χ2v) is 6.60. The molecule has 0 aliphatic carbocycles. The van der Waals surface area contributed by atoms with E-state index in [1.165, 1.54) is 11.3 Å². The lowest BCUT2D eigenvalue weighted by Gasteiger charge is -2.17. The van der Waals surface area contributed by atoms with Crippen LogP contribution in [0.2, 0.25) is 0 Å². The summed E-state index contributed by atoms with van der Waals surface area (Å²) in [5.74, 6) is -0.199. The van der Waals surface area contributed by atoms with Gasteiger partial charge in [0.2, 0.25) is 0 Å². The Morgan fingerprint density at radius 1 is 0.960 bits per heavy atom. The molecule has 0 aliphatic rings. The molecule has 2 aromatic carbocycles. The van der Waals surface area contributed by atoms with Gasteiger partial charge in [-0.1, -0.05) is 36.4 Å². The summed E-state index contributed by atoms with van der Waals surface area (Å²) in [5, 5.41) is 4.69. The van der Waals surface area contributed by atoms with Gasteiger partial charge in [0.15, 0.2) is 0 Å². The maximum atomic E-state index is 12.5. The van der Waals surface area contributed by atoms with Crippen molar-refractivity contribution in [3.8, 4) is 0 Å². The molecule has 0 unspecified atom stereocenters. The summed E-state index contributed by atoms with van der Waals surface area (Å²) in [6.45, 7) is 0.552. The Morgan fingerprint density at radius 3 is 2.32 bits per heavy atom. The highest BCUT2D eigenvalue weighted by molar-refractivity contribution is 7.12. The van der Waals surface area contributed by atoms with Crippen molar-refractivity contribution in [1.82, 2.24) is 4.90 Å². The largest absolute Gasteiger partial charge is 0.337 e. The van der Waals surface area contributed by atoms with Crippen LogP contribution in [-0.4, -0.2) is 23.8 Å². The fourth-order valence-corrected chi connectivity index (χ4v) is 3.07. The maximum absolute atomic E-state index is 12.5. The van der Waals surface area contributed by atoms with E-state index in [4.69, 9.17) is 0 Å². The Labute approximate surface area is 150 Å². The standard InChI is InChI=1S/C20H18N2O2S/c1-22(14-15-6-3-2-4-7-15)20(24)16-9-11-17(12-10-16)21-19(23)18-8-5-13-25-18/h2-13H,14H2,1H3,(H,21,23). The van der Waals surface area contributed by atoms with Gasteiger partial charge in [-0.2, -0.15) is 0 Å². The van der Waals surface area contributed by atoms with E-state index in [2.05, 4.69) is 5.32 Å². The van der Waals surface area contributed by atoms with E-state index in [9.17, 15) is 9.59 Å². The van der Waals surface area contributed by atoms with E-state index in [0.717, 1.165) is 5.56 Å². The lowest BCUT2D eigenvalue weighted by atomic mass is 10.1. The van der Waals surface area contributed by atoms with Gasteiger partial charge in [-0.25, -0.2) is 0 Å². The third-order valence-corrected chi connectivity index (χ3v) is 4.61. The molecule has 1 heterocycles. The van der Waals surface area contributed by atoms with Gasteiger partial charge in [-0.15, -0.1) is 11.3 Å². The van der Waals surface area contributed by atoms with E-state index in [1.54, 1.807) is 42.3 Å². The van der Waals surface area contributed by atoms with Gasteiger partial charge < -0.3 is 10.2 Å². The van der Waals surface area contributed by atoms with Gasteiger partial charge in [-0.3, -0.25) is 9.59 Å². The smallest absolute Gasteiger partial charge is 0.265 e. The van der Waals surface area contributed by atoms with E-state index >= 15 is 0 Å². The minimum absolute atomic E-state index is 0.0556. The zero-order valence-electron chi connectivity index (χ0n) is 13.8. The number of hydrogen-bond donors (Lipinski definition) is 1. The second-order valence-electron chi connectivity index (χ2n) is 5.66. The number of rotatable bonds is 5. The van der Waals surface area contributed by atoms with Crippen LogP contribution in [0.5, 0.6) is 0 Å². The molecule has 0 atom stereocenters. The second kappa shape index (κ2) is 7.77. The van der Waals surface area contributed by atoms with Crippen LogP contribution in [-0.2, 0) is 6.54 Å². The predicted molar refractivity (Wildman–Crippen MR) is 101 cm³/mol. The number of hydrogen-bond acceptors (Lipinski definition) is 3. The average Bonchev–Trinajstić information content (AvgIpc) is 3.17. The fraction of sp³-hybridized carbons (Fsp3) is 0.100. The van der Waals surface area contributed by atoms with Gasteiger partial charge >= 0.3 is 0 Å². The van der Waals surface area contributed by atoms with Gasteiger partial charge in [0, 0.05) is 24.8 Å². The molecular weight excluding hydrogens is 332 g/mol. The molecule has 0 bridgehead atoms. The summed E-state index contributed by atoms with van der Waals surface area (Å²) >= 11 is 1.39. The lowest BCUT2D eigenvalue weighted by Crippen LogP contribution is -2.26. The molecule has 4 nitrogen and oxygen atoms in total.